The smallest absolute Gasteiger partial charge is 0.251 e. The summed E-state index contributed by atoms with van der Waals surface area (Å²) in [7, 11) is 1.64. The lowest BCUT2D eigenvalue weighted by atomic mass is 10.1. The van der Waals surface area contributed by atoms with Crippen LogP contribution in [-0.2, 0) is 24.4 Å². The maximum absolute atomic E-state index is 12.5. The van der Waals surface area contributed by atoms with Crippen molar-refractivity contribution in [2.24, 2.45) is 0 Å². The van der Waals surface area contributed by atoms with Crippen molar-refractivity contribution in [2.75, 3.05) is 20.2 Å². The summed E-state index contributed by atoms with van der Waals surface area (Å²) < 4.78 is 5.18. The molecule has 1 aliphatic heterocycles. The van der Waals surface area contributed by atoms with E-state index in [1.807, 2.05) is 24.3 Å². The molecule has 2 aromatic rings. The molecule has 27 heavy (non-hydrogen) atoms. The van der Waals surface area contributed by atoms with Crippen LogP contribution in [0.3, 0.4) is 0 Å². The Morgan fingerprint density at radius 1 is 0.963 bits per heavy atom. The summed E-state index contributed by atoms with van der Waals surface area (Å²) in [4.78, 5) is 15.1. The van der Waals surface area contributed by atoms with E-state index in [0.29, 0.717) is 18.7 Å². The molecule has 1 heterocycles. The van der Waals surface area contributed by atoms with Gasteiger partial charge in [-0.1, -0.05) is 55.3 Å². The molecule has 0 saturated carbocycles. The van der Waals surface area contributed by atoms with Crippen molar-refractivity contribution < 1.29 is 9.53 Å². The van der Waals surface area contributed by atoms with Crippen LogP contribution in [0.15, 0.2) is 48.5 Å². The lowest BCUT2D eigenvalue weighted by Gasteiger charge is -2.19. The zero-order valence-electron chi connectivity index (χ0n) is 16.2. The first-order valence-corrected chi connectivity index (χ1v) is 9.91. The summed E-state index contributed by atoms with van der Waals surface area (Å²) in [6.07, 6.45) is 5.36. The van der Waals surface area contributed by atoms with Gasteiger partial charge in [0.1, 0.15) is 0 Å². The van der Waals surface area contributed by atoms with E-state index in [0.717, 1.165) is 17.7 Å². The van der Waals surface area contributed by atoms with Gasteiger partial charge in [0.25, 0.3) is 5.91 Å². The Morgan fingerprint density at radius 2 is 1.63 bits per heavy atom. The van der Waals surface area contributed by atoms with Crippen molar-refractivity contribution in [3.63, 3.8) is 0 Å². The van der Waals surface area contributed by atoms with Crippen molar-refractivity contribution >= 4 is 5.91 Å². The average molecular weight is 367 g/mol. The quantitative estimate of drug-likeness (QED) is 0.801. The predicted octanol–water partition coefficient (Wildman–Crippen LogP) is 4.14. The fraction of sp³-hybridized carbons (Fsp3) is 0.435. The topological polar surface area (TPSA) is 41.6 Å². The van der Waals surface area contributed by atoms with Crippen LogP contribution in [0.4, 0.5) is 0 Å². The van der Waals surface area contributed by atoms with E-state index in [1.165, 1.54) is 44.3 Å². The maximum atomic E-state index is 12.5. The Morgan fingerprint density at radius 3 is 2.33 bits per heavy atom. The molecule has 3 rings (SSSR count). The molecule has 1 fully saturated rings. The number of methoxy groups -OCH3 is 1. The third-order valence-electron chi connectivity index (χ3n) is 5.14. The summed E-state index contributed by atoms with van der Waals surface area (Å²) in [6.45, 7) is 4.41. The molecule has 0 aromatic heterocycles. The SMILES string of the molecule is COCc1ccccc1C(=O)NCc1ccc(CN2CCCCCC2)cc1. The fourth-order valence-electron chi connectivity index (χ4n) is 3.62. The van der Waals surface area contributed by atoms with Crippen molar-refractivity contribution in [1.82, 2.24) is 10.2 Å². The lowest BCUT2D eigenvalue weighted by molar-refractivity contribution is 0.0946. The molecular formula is C23H30N2O2. The van der Waals surface area contributed by atoms with Crippen molar-refractivity contribution in [3.8, 4) is 0 Å². The monoisotopic (exact) mass is 366 g/mol. The highest BCUT2D eigenvalue weighted by molar-refractivity contribution is 5.95. The highest BCUT2D eigenvalue weighted by Gasteiger charge is 2.11. The van der Waals surface area contributed by atoms with Gasteiger partial charge in [0.15, 0.2) is 0 Å². The minimum absolute atomic E-state index is 0.0590. The Balaban J connectivity index is 1.53. The number of carbonyl (C=O) groups excluding carboxylic acids is 1. The summed E-state index contributed by atoms with van der Waals surface area (Å²) in [6, 6.07) is 16.2. The third-order valence-corrected chi connectivity index (χ3v) is 5.14. The molecule has 1 aliphatic rings. The van der Waals surface area contributed by atoms with Crippen LogP contribution >= 0.6 is 0 Å². The Labute approximate surface area is 162 Å². The van der Waals surface area contributed by atoms with Crippen LogP contribution < -0.4 is 5.32 Å². The first-order valence-electron chi connectivity index (χ1n) is 9.91. The van der Waals surface area contributed by atoms with Crippen LogP contribution in [0.1, 0.15) is 52.7 Å². The van der Waals surface area contributed by atoms with Gasteiger partial charge in [-0.15, -0.1) is 0 Å². The van der Waals surface area contributed by atoms with Gasteiger partial charge in [0.2, 0.25) is 0 Å². The number of carbonyl (C=O) groups is 1. The minimum atomic E-state index is -0.0590. The molecule has 4 heteroatoms. The highest BCUT2D eigenvalue weighted by atomic mass is 16.5. The van der Waals surface area contributed by atoms with Crippen molar-refractivity contribution in [2.45, 2.75) is 45.4 Å². The second kappa shape index (κ2) is 10.2. The fourth-order valence-corrected chi connectivity index (χ4v) is 3.62. The van der Waals surface area contributed by atoms with Crippen LogP contribution in [0.25, 0.3) is 0 Å². The van der Waals surface area contributed by atoms with E-state index in [4.69, 9.17) is 4.74 Å². The average Bonchev–Trinajstić information content (AvgIpc) is 2.96. The van der Waals surface area contributed by atoms with Gasteiger partial charge in [-0.25, -0.2) is 0 Å². The van der Waals surface area contributed by atoms with Gasteiger partial charge in [-0.05, 0) is 48.7 Å². The molecule has 1 saturated heterocycles. The van der Waals surface area contributed by atoms with Crippen molar-refractivity contribution in [1.29, 1.82) is 0 Å². The number of hydrogen-bond acceptors (Lipinski definition) is 3. The van der Waals surface area contributed by atoms with E-state index in [9.17, 15) is 4.79 Å². The number of amides is 1. The standard InChI is InChI=1S/C23H30N2O2/c1-27-18-21-8-4-5-9-22(21)23(26)24-16-19-10-12-20(13-11-19)17-25-14-6-2-3-7-15-25/h4-5,8-13H,2-3,6-7,14-18H2,1H3,(H,24,26). The van der Waals surface area contributed by atoms with Gasteiger partial charge in [0, 0.05) is 25.8 Å². The first-order chi connectivity index (χ1) is 13.3. The number of likely N-dealkylation sites (tertiary alicyclic amines) is 1. The van der Waals surface area contributed by atoms with E-state index in [1.54, 1.807) is 7.11 Å². The first kappa shape index (κ1) is 19.6. The number of nitrogens with zero attached hydrogens (tertiary/aromatic N) is 1. The molecule has 1 amide bonds. The summed E-state index contributed by atoms with van der Waals surface area (Å²) >= 11 is 0. The normalized spacial score (nSPS) is 15.3. The molecule has 0 aliphatic carbocycles. The number of benzene rings is 2. The predicted molar refractivity (Wildman–Crippen MR) is 109 cm³/mol. The van der Waals surface area contributed by atoms with E-state index >= 15 is 0 Å². The maximum Gasteiger partial charge on any atom is 0.251 e. The van der Waals surface area contributed by atoms with Gasteiger partial charge in [-0.2, -0.15) is 0 Å². The third kappa shape index (κ3) is 5.91. The molecule has 0 bridgehead atoms. The molecular weight excluding hydrogens is 336 g/mol. The zero-order valence-corrected chi connectivity index (χ0v) is 16.2. The Hall–Kier alpha value is -2.17. The molecule has 2 aromatic carbocycles. The van der Waals surface area contributed by atoms with Gasteiger partial charge < -0.3 is 10.1 Å². The molecule has 1 N–H and O–H groups in total. The number of rotatable bonds is 7. The molecule has 0 radical (unpaired) electrons. The highest BCUT2D eigenvalue weighted by Crippen LogP contribution is 2.14. The number of hydrogen-bond donors (Lipinski definition) is 1. The van der Waals surface area contributed by atoms with E-state index in [2.05, 4.69) is 34.5 Å². The van der Waals surface area contributed by atoms with E-state index < -0.39 is 0 Å². The van der Waals surface area contributed by atoms with Crippen LogP contribution in [0, 0.1) is 0 Å². The van der Waals surface area contributed by atoms with Crippen LogP contribution in [0.5, 0.6) is 0 Å². The van der Waals surface area contributed by atoms with Gasteiger partial charge in [-0.3, -0.25) is 9.69 Å². The summed E-state index contributed by atoms with van der Waals surface area (Å²) in [5.41, 5.74) is 4.05. The number of ether oxygens (including phenoxy) is 1. The minimum Gasteiger partial charge on any atom is -0.380 e. The molecule has 0 atom stereocenters. The molecule has 0 spiro atoms. The zero-order chi connectivity index (χ0) is 18.9. The van der Waals surface area contributed by atoms with Crippen LogP contribution in [0.2, 0.25) is 0 Å². The summed E-state index contributed by atoms with van der Waals surface area (Å²) in [5.74, 6) is -0.0590. The second-order valence-electron chi connectivity index (χ2n) is 7.28. The van der Waals surface area contributed by atoms with Gasteiger partial charge in [0.05, 0.1) is 6.61 Å². The van der Waals surface area contributed by atoms with Crippen LogP contribution in [-0.4, -0.2) is 31.0 Å². The Bertz CT molecular complexity index is 719. The second-order valence-corrected chi connectivity index (χ2v) is 7.28. The lowest BCUT2D eigenvalue weighted by Crippen LogP contribution is -2.24. The molecule has 0 unspecified atom stereocenters. The molecule has 144 valence electrons. The summed E-state index contributed by atoms with van der Waals surface area (Å²) in [5, 5.41) is 3.02. The Kier molecular flexibility index (Phi) is 7.43. The van der Waals surface area contributed by atoms with Crippen molar-refractivity contribution in [3.05, 3.63) is 70.8 Å². The largest absolute Gasteiger partial charge is 0.380 e. The molecule has 4 nitrogen and oxygen atoms in total. The number of nitrogens with one attached hydrogen (secondary N) is 1. The van der Waals surface area contributed by atoms with E-state index in [-0.39, 0.29) is 5.91 Å². The van der Waals surface area contributed by atoms with Gasteiger partial charge >= 0.3 is 0 Å².